The zero-order chi connectivity index (χ0) is 11.5. The summed E-state index contributed by atoms with van der Waals surface area (Å²) in [4.78, 5) is 14.1. The summed E-state index contributed by atoms with van der Waals surface area (Å²) >= 11 is 3.53. The maximum absolute atomic E-state index is 11.7. The minimum atomic E-state index is 0.316. The highest BCUT2D eigenvalue weighted by molar-refractivity contribution is 9.09. The average molecular weight is 289 g/mol. The molecule has 3 atom stereocenters. The van der Waals surface area contributed by atoms with Gasteiger partial charge in [0.05, 0.1) is 0 Å². The lowest BCUT2D eigenvalue weighted by Crippen LogP contribution is -2.34. The Bertz CT molecular complexity index is 259. The molecule has 92 valence electrons. The molecule has 0 radical (unpaired) electrons. The lowest BCUT2D eigenvalue weighted by Gasteiger charge is -2.31. The summed E-state index contributed by atoms with van der Waals surface area (Å²) in [6.07, 6.45) is 5.72. The number of alkyl halides is 1. The second kappa shape index (κ2) is 5.50. The fourth-order valence-corrected chi connectivity index (χ4v) is 3.62. The molecule has 0 bridgehead atoms. The van der Waals surface area contributed by atoms with E-state index < -0.39 is 0 Å². The van der Waals surface area contributed by atoms with Crippen LogP contribution in [0.15, 0.2) is 0 Å². The average Bonchev–Trinajstić information content (AvgIpc) is 2.58. The third-order valence-electron chi connectivity index (χ3n) is 3.87. The molecule has 0 spiro atoms. The van der Waals surface area contributed by atoms with E-state index in [1.54, 1.807) is 0 Å². The lowest BCUT2D eigenvalue weighted by molar-refractivity contribution is -0.128. The first-order valence-corrected chi connectivity index (χ1v) is 7.22. The molecule has 0 aromatic rings. The van der Waals surface area contributed by atoms with E-state index in [0.29, 0.717) is 29.0 Å². The van der Waals surface area contributed by atoms with Crippen LogP contribution in [0.4, 0.5) is 0 Å². The number of nitrogens with zero attached hydrogens (tertiary/aromatic N) is 1. The summed E-state index contributed by atoms with van der Waals surface area (Å²) in [6.45, 7) is 2.66. The van der Waals surface area contributed by atoms with Crippen LogP contribution in [0.2, 0.25) is 0 Å². The second-order valence-corrected chi connectivity index (χ2v) is 6.53. The summed E-state index contributed by atoms with van der Waals surface area (Å²) in [7, 11) is 0. The zero-order valence-corrected chi connectivity index (χ0v) is 11.3. The van der Waals surface area contributed by atoms with Gasteiger partial charge in [0.1, 0.15) is 0 Å². The Kier molecular flexibility index (Phi) is 4.25. The predicted octanol–water partition coefficient (Wildman–Crippen LogP) is 1.75. The first kappa shape index (κ1) is 12.4. The fourth-order valence-electron chi connectivity index (χ4n) is 2.99. The van der Waals surface area contributed by atoms with Crippen LogP contribution >= 0.6 is 15.9 Å². The molecule has 1 aliphatic heterocycles. The number of rotatable bonds is 3. The molecule has 1 saturated carbocycles. The molecule has 4 heteroatoms. The van der Waals surface area contributed by atoms with Crippen molar-refractivity contribution in [2.75, 3.05) is 19.6 Å². The summed E-state index contributed by atoms with van der Waals surface area (Å²) in [5.41, 5.74) is 5.73. The van der Waals surface area contributed by atoms with Gasteiger partial charge in [-0.15, -0.1) is 0 Å². The van der Waals surface area contributed by atoms with Gasteiger partial charge in [0, 0.05) is 24.3 Å². The molecule has 2 N–H and O–H groups in total. The molecule has 2 aliphatic rings. The molecule has 1 aliphatic carbocycles. The maximum atomic E-state index is 11.7. The SMILES string of the molecule is NC[C@@H]1CCC[C@H](CN2CC(Br)CC2=O)C1. The third kappa shape index (κ3) is 2.98. The molecule has 2 rings (SSSR count). The number of carbonyl (C=O) groups is 1. The topological polar surface area (TPSA) is 46.3 Å². The number of hydrogen-bond acceptors (Lipinski definition) is 2. The molecule has 1 amide bonds. The Morgan fingerprint density at radius 2 is 2.12 bits per heavy atom. The normalized spacial score (nSPS) is 35.8. The van der Waals surface area contributed by atoms with Crippen molar-refractivity contribution in [2.24, 2.45) is 17.6 Å². The number of carbonyl (C=O) groups excluding carboxylic acids is 1. The van der Waals surface area contributed by atoms with Gasteiger partial charge in [-0.1, -0.05) is 22.4 Å². The Labute approximate surface area is 106 Å². The van der Waals surface area contributed by atoms with Crippen molar-refractivity contribution in [3.63, 3.8) is 0 Å². The smallest absolute Gasteiger partial charge is 0.223 e. The number of likely N-dealkylation sites (tertiary alicyclic amines) is 1. The molecular formula is C12H21BrN2O. The number of hydrogen-bond donors (Lipinski definition) is 1. The van der Waals surface area contributed by atoms with Gasteiger partial charge in [0.25, 0.3) is 0 Å². The quantitative estimate of drug-likeness (QED) is 0.805. The number of nitrogens with two attached hydrogens (primary N) is 1. The van der Waals surface area contributed by atoms with E-state index in [-0.39, 0.29) is 0 Å². The van der Waals surface area contributed by atoms with Crippen molar-refractivity contribution in [2.45, 2.75) is 36.9 Å². The van der Waals surface area contributed by atoms with Gasteiger partial charge in [-0.25, -0.2) is 0 Å². The van der Waals surface area contributed by atoms with Crippen molar-refractivity contribution >= 4 is 21.8 Å². The van der Waals surface area contributed by atoms with Crippen LogP contribution < -0.4 is 5.73 Å². The highest BCUT2D eigenvalue weighted by atomic mass is 79.9. The van der Waals surface area contributed by atoms with E-state index in [4.69, 9.17) is 5.73 Å². The minimum absolute atomic E-state index is 0.316. The molecule has 2 fully saturated rings. The van der Waals surface area contributed by atoms with Crippen LogP contribution in [0.3, 0.4) is 0 Å². The van der Waals surface area contributed by atoms with Gasteiger partial charge in [-0.3, -0.25) is 4.79 Å². The molecule has 1 unspecified atom stereocenters. The molecule has 3 nitrogen and oxygen atoms in total. The predicted molar refractivity (Wildman–Crippen MR) is 68.4 cm³/mol. The monoisotopic (exact) mass is 288 g/mol. The first-order valence-electron chi connectivity index (χ1n) is 6.31. The van der Waals surface area contributed by atoms with Crippen molar-refractivity contribution in [3.8, 4) is 0 Å². The van der Waals surface area contributed by atoms with Gasteiger partial charge >= 0.3 is 0 Å². The Morgan fingerprint density at radius 1 is 1.38 bits per heavy atom. The van der Waals surface area contributed by atoms with E-state index in [9.17, 15) is 4.79 Å². The summed E-state index contributed by atoms with van der Waals surface area (Å²) in [5, 5.41) is 0. The van der Waals surface area contributed by atoms with Crippen LogP contribution in [-0.2, 0) is 4.79 Å². The van der Waals surface area contributed by atoms with E-state index in [0.717, 1.165) is 19.6 Å². The highest BCUT2D eigenvalue weighted by Crippen LogP contribution is 2.30. The van der Waals surface area contributed by atoms with Crippen LogP contribution in [0.25, 0.3) is 0 Å². The van der Waals surface area contributed by atoms with Gasteiger partial charge in [0.2, 0.25) is 5.91 Å². The standard InChI is InChI=1S/C12H21BrN2O/c13-11-5-12(16)15(8-11)7-10-3-1-2-9(4-10)6-14/h9-11H,1-8,14H2/t9-,10+,11?/m1/s1. The fraction of sp³-hybridized carbons (Fsp3) is 0.917. The van der Waals surface area contributed by atoms with Crippen molar-refractivity contribution in [1.29, 1.82) is 0 Å². The molecule has 0 aromatic carbocycles. The van der Waals surface area contributed by atoms with Gasteiger partial charge in [-0.2, -0.15) is 0 Å². The van der Waals surface area contributed by atoms with Crippen LogP contribution in [-0.4, -0.2) is 35.3 Å². The van der Waals surface area contributed by atoms with E-state index in [1.807, 2.05) is 4.90 Å². The van der Waals surface area contributed by atoms with Crippen molar-refractivity contribution in [3.05, 3.63) is 0 Å². The molecule has 16 heavy (non-hydrogen) atoms. The third-order valence-corrected chi connectivity index (χ3v) is 4.48. The summed E-state index contributed by atoms with van der Waals surface area (Å²) in [6, 6.07) is 0. The summed E-state index contributed by atoms with van der Waals surface area (Å²) < 4.78 is 0. The molecule has 1 heterocycles. The maximum Gasteiger partial charge on any atom is 0.223 e. The Morgan fingerprint density at radius 3 is 2.75 bits per heavy atom. The number of halogens is 1. The Hall–Kier alpha value is -0.0900. The largest absolute Gasteiger partial charge is 0.341 e. The van der Waals surface area contributed by atoms with E-state index in [1.165, 1.54) is 25.7 Å². The van der Waals surface area contributed by atoms with E-state index >= 15 is 0 Å². The molecule has 1 saturated heterocycles. The van der Waals surface area contributed by atoms with Crippen LogP contribution in [0.1, 0.15) is 32.1 Å². The minimum Gasteiger partial charge on any atom is -0.341 e. The lowest BCUT2D eigenvalue weighted by atomic mass is 9.81. The Balaban J connectivity index is 1.82. The first-order chi connectivity index (χ1) is 7.69. The van der Waals surface area contributed by atoms with Crippen molar-refractivity contribution in [1.82, 2.24) is 4.90 Å². The number of amides is 1. The van der Waals surface area contributed by atoms with Gasteiger partial charge in [-0.05, 0) is 37.6 Å². The summed E-state index contributed by atoms with van der Waals surface area (Å²) in [5.74, 6) is 1.69. The van der Waals surface area contributed by atoms with Gasteiger partial charge < -0.3 is 10.6 Å². The van der Waals surface area contributed by atoms with Gasteiger partial charge in [0.15, 0.2) is 0 Å². The molecular weight excluding hydrogens is 268 g/mol. The second-order valence-electron chi connectivity index (χ2n) is 5.23. The van der Waals surface area contributed by atoms with Crippen LogP contribution in [0, 0.1) is 11.8 Å². The van der Waals surface area contributed by atoms with Crippen LogP contribution in [0.5, 0.6) is 0 Å². The zero-order valence-electron chi connectivity index (χ0n) is 9.70. The van der Waals surface area contributed by atoms with Crippen molar-refractivity contribution < 1.29 is 4.79 Å². The van der Waals surface area contributed by atoms with E-state index in [2.05, 4.69) is 15.9 Å². The highest BCUT2D eigenvalue weighted by Gasteiger charge is 2.31. The molecule has 0 aromatic heterocycles.